The number of allylic oxidation sites excluding steroid dienone is 1. The normalized spacial score (nSPS) is 37.3. The van der Waals surface area contributed by atoms with Crippen molar-refractivity contribution in [2.24, 2.45) is 0 Å². The smallest absolute Gasteiger partial charge is 0.258 e. The molecule has 0 unspecified atom stereocenters. The van der Waals surface area contributed by atoms with E-state index in [9.17, 15) is 20.1 Å². The van der Waals surface area contributed by atoms with Crippen LogP contribution in [-0.2, 0) is 9.53 Å². The van der Waals surface area contributed by atoms with Crippen molar-refractivity contribution in [3.05, 3.63) is 34.8 Å². The molecule has 7 heteroatoms. The highest BCUT2D eigenvalue weighted by Gasteiger charge is 2.45. The van der Waals surface area contributed by atoms with Gasteiger partial charge < -0.3 is 25.2 Å². The Morgan fingerprint density at radius 3 is 2.58 bits per heavy atom. The number of fused-ring (bicyclic) bond motifs is 1. The highest BCUT2D eigenvalue weighted by atomic mass is 16.6. The van der Waals surface area contributed by atoms with E-state index in [0.717, 1.165) is 0 Å². The molecule has 0 saturated carbocycles. The first-order valence-corrected chi connectivity index (χ1v) is 5.83. The van der Waals surface area contributed by atoms with Gasteiger partial charge in [0.2, 0.25) is 0 Å². The number of hydrogen-bond acceptors (Lipinski definition) is 6. The lowest BCUT2D eigenvalue weighted by molar-refractivity contribution is -0.116. The lowest BCUT2D eigenvalue weighted by Crippen LogP contribution is -2.34. The predicted molar refractivity (Wildman–Crippen MR) is 61.7 cm³/mol. The van der Waals surface area contributed by atoms with Gasteiger partial charge in [0, 0.05) is 5.57 Å². The van der Waals surface area contributed by atoms with Crippen molar-refractivity contribution in [2.75, 3.05) is 6.61 Å². The summed E-state index contributed by atoms with van der Waals surface area (Å²) >= 11 is 0. The molecule has 0 spiro atoms. The molecular formula is C12H13NO6. The number of carbonyl (C=O) groups excluding carboxylic acids is 1. The van der Waals surface area contributed by atoms with Crippen LogP contribution >= 0.6 is 0 Å². The van der Waals surface area contributed by atoms with E-state index in [1.807, 2.05) is 0 Å². The van der Waals surface area contributed by atoms with Crippen LogP contribution in [0.15, 0.2) is 34.8 Å². The summed E-state index contributed by atoms with van der Waals surface area (Å²) < 4.78 is 5.36. The van der Waals surface area contributed by atoms with E-state index >= 15 is 0 Å². The van der Waals surface area contributed by atoms with Gasteiger partial charge in [-0.15, -0.1) is 0 Å². The molecule has 1 saturated heterocycles. The quantitative estimate of drug-likeness (QED) is 0.404. The first-order chi connectivity index (χ1) is 9.02. The Kier molecular flexibility index (Phi) is 2.72. The van der Waals surface area contributed by atoms with E-state index in [4.69, 9.17) is 9.84 Å². The van der Waals surface area contributed by atoms with Crippen molar-refractivity contribution in [1.82, 2.24) is 5.32 Å². The Labute approximate surface area is 108 Å². The summed E-state index contributed by atoms with van der Waals surface area (Å²) in [5.74, 6) is -0.663. The van der Waals surface area contributed by atoms with Gasteiger partial charge in [0.25, 0.3) is 5.91 Å². The molecule has 1 fully saturated rings. The minimum Gasteiger partial charge on any atom is -0.494 e. The minimum atomic E-state index is -1.19. The second-order valence-electron chi connectivity index (χ2n) is 4.68. The van der Waals surface area contributed by atoms with Crippen LogP contribution in [0.2, 0.25) is 0 Å². The summed E-state index contributed by atoms with van der Waals surface area (Å²) in [6.07, 6.45) is -1.07. The highest BCUT2D eigenvalue weighted by Crippen LogP contribution is 2.35. The zero-order chi connectivity index (χ0) is 13.7. The zero-order valence-corrected chi connectivity index (χ0v) is 9.78. The lowest BCUT2D eigenvalue weighted by Gasteiger charge is -2.14. The molecule has 1 amide bonds. The zero-order valence-electron chi connectivity index (χ0n) is 9.78. The van der Waals surface area contributed by atoms with Crippen LogP contribution in [0.25, 0.3) is 0 Å². The fraction of sp³-hybridized carbons (Fsp3) is 0.417. The number of nitrogens with one attached hydrogen (secondary N) is 1. The standard InChI is InChI=1S/C12H13NO6/c14-3-7-8(15)9(16)10(19-7)4-1-5-6(2-4)12(18)13-11(5)17/h1-2,7-10,14-16H,3H2,(H2,13,17,18)/t7-,8+,9-,10+/m1/s1. The van der Waals surface area contributed by atoms with Crippen LogP contribution in [0.1, 0.15) is 0 Å². The van der Waals surface area contributed by atoms with E-state index in [1.54, 1.807) is 0 Å². The third-order valence-electron chi connectivity index (χ3n) is 3.51. The molecule has 4 atom stereocenters. The van der Waals surface area contributed by atoms with Crippen molar-refractivity contribution < 1.29 is 30.0 Å². The van der Waals surface area contributed by atoms with Crippen molar-refractivity contribution in [3.63, 3.8) is 0 Å². The van der Waals surface area contributed by atoms with E-state index in [-0.39, 0.29) is 5.88 Å². The van der Waals surface area contributed by atoms with Crippen molar-refractivity contribution >= 4 is 5.91 Å². The molecule has 3 aliphatic rings. The Morgan fingerprint density at radius 1 is 1.26 bits per heavy atom. The number of aliphatic hydroxyl groups excluding tert-OH is 4. The van der Waals surface area contributed by atoms with Gasteiger partial charge in [-0.3, -0.25) is 10.1 Å². The molecule has 7 nitrogen and oxygen atoms in total. The molecular weight excluding hydrogens is 254 g/mol. The summed E-state index contributed by atoms with van der Waals surface area (Å²) in [6, 6.07) is 0. The maximum absolute atomic E-state index is 11.5. The van der Waals surface area contributed by atoms with Gasteiger partial charge in [-0.05, 0) is 17.7 Å². The van der Waals surface area contributed by atoms with Crippen LogP contribution in [0, 0.1) is 0 Å². The molecule has 102 valence electrons. The summed E-state index contributed by atoms with van der Waals surface area (Å²) in [6.45, 7) is -0.410. The number of hydrogen-bond donors (Lipinski definition) is 5. The molecule has 2 heterocycles. The number of aliphatic hydroxyl groups is 4. The van der Waals surface area contributed by atoms with E-state index < -0.39 is 36.9 Å². The monoisotopic (exact) mass is 267 g/mol. The number of rotatable bonds is 2. The van der Waals surface area contributed by atoms with Gasteiger partial charge in [-0.25, -0.2) is 0 Å². The molecule has 5 N–H and O–H groups in total. The fourth-order valence-corrected chi connectivity index (χ4v) is 2.50. The Bertz CT molecular complexity index is 534. The number of amides is 1. The Balaban J connectivity index is 1.90. The van der Waals surface area contributed by atoms with E-state index in [0.29, 0.717) is 16.7 Å². The van der Waals surface area contributed by atoms with Gasteiger partial charge in [0.1, 0.15) is 24.4 Å². The largest absolute Gasteiger partial charge is 0.494 e. The van der Waals surface area contributed by atoms with Crippen molar-refractivity contribution in [3.8, 4) is 0 Å². The van der Waals surface area contributed by atoms with Crippen molar-refractivity contribution in [2.45, 2.75) is 24.4 Å². The summed E-state index contributed by atoms with van der Waals surface area (Å²) in [4.78, 5) is 11.5. The second kappa shape index (κ2) is 4.17. The van der Waals surface area contributed by atoms with Gasteiger partial charge >= 0.3 is 0 Å². The Morgan fingerprint density at radius 2 is 2.00 bits per heavy atom. The van der Waals surface area contributed by atoms with E-state index in [2.05, 4.69) is 5.32 Å². The molecule has 19 heavy (non-hydrogen) atoms. The van der Waals surface area contributed by atoms with Gasteiger partial charge in [-0.2, -0.15) is 0 Å². The lowest BCUT2D eigenvalue weighted by atomic mass is 10.0. The van der Waals surface area contributed by atoms with Crippen LogP contribution in [0.4, 0.5) is 0 Å². The average molecular weight is 267 g/mol. The average Bonchev–Trinajstić information content (AvgIpc) is 2.99. The van der Waals surface area contributed by atoms with Crippen LogP contribution in [0.3, 0.4) is 0 Å². The van der Waals surface area contributed by atoms with E-state index in [1.165, 1.54) is 12.2 Å². The first kappa shape index (κ1) is 12.4. The SMILES string of the molecule is O=C1NC(O)=C2C=C([C@@H]3O[C@H](CO)[C@H](O)[C@H]3O)C=C12. The Hall–Kier alpha value is -1.67. The fourth-order valence-electron chi connectivity index (χ4n) is 2.50. The molecule has 0 aromatic rings. The maximum atomic E-state index is 11.5. The topological polar surface area (TPSA) is 119 Å². The molecule has 3 rings (SSSR count). The van der Waals surface area contributed by atoms with Gasteiger partial charge in [0.05, 0.1) is 12.2 Å². The number of ether oxygens (including phenoxy) is 1. The second-order valence-corrected chi connectivity index (χ2v) is 4.68. The molecule has 0 radical (unpaired) electrons. The first-order valence-electron chi connectivity index (χ1n) is 5.83. The van der Waals surface area contributed by atoms with Gasteiger partial charge in [0.15, 0.2) is 5.88 Å². The molecule has 2 aliphatic heterocycles. The van der Waals surface area contributed by atoms with Crippen LogP contribution < -0.4 is 5.32 Å². The summed E-state index contributed by atoms with van der Waals surface area (Å²) in [5.41, 5.74) is 1.12. The summed E-state index contributed by atoms with van der Waals surface area (Å²) in [5, 5.41) is 40.3. The van der Waals surface area contributed by atoms with Crippen LogP contribution in [0.5, 0.6) is 0 Å². The summed E-state index contributed by atoms with van der Waals surface area (Å²) in [7, 11) is 0. The van der Waals surface area contributed by atoms with Crippen molar-refractivity contribution in [1.29, 1.82) is 0 Å². The molecule has 1 aliphatic carbocycles. The van der Waals surface area contributed by atoms with Crippen LogP contribution in [-0.4, -0.2) is 57.4 Å². The highest BCUT2D eigenvalue weighted by molar-refractivity contribution is 6.04. The molecule has 0 bridgehead atoms. The minimum absolute atomic E-state index is 0.238. The molecule has 0 aromatic carbocycles. The van der Waals surface area contributed by atoms with Gasteiger partial charge in [-0.1, -0.05) is 0 Å². The third kappa shape index (κ3) is 1.71. The molecule has 0 aromatic heterocycles. The third-order valence-corrected chi connectivity index (χ3v) is 3.51. The maximum Gasteiger partial charge on any atom is 0.258 e. The number of carbonyl (C=O) groups is 1. The predicted octanol–water partition coefficient (Wildman–Crippen LogP) is -1.77.